The second-order valence-electron chi connectivity index (χ2n) is 12.6. The van der Waals surface area contributed by atoms with Crippen molar-refractivity contribution in [2.45, 2.75) is 6.92 Å². The van der Waals surface area contributed by atoms with Gasteiger partial charge in [-0.1, -0.05) is 115 Å². The molecule has 50 heavy (non-hydrogen) atoms. The van der Waals surface area contributed by atoms with Crippen molar-refractivity contribution in [3.63, 3.8) is 0 Å². The first kappa shape index (κ1) is 29.5. The number of fused-ring (bicyclic) bond motifs is 5. The van der Waals surface area contributed by atoms with Crippen LogP contribution in [0.25, 0.3) is 66.5 Å². The molecule has 0 bridgehead atoms. The van der Waals surface area contributed by atoms with E-state index in [-0.39, 0.29) is 0 Å². The second-order valence-corrected chi connectivity index (χ2v) is 12.6. The number of benzene rings is 7. The number of nitrogens with zero attached hydrogens (tertiary/aromatic N) is 5. The number of rotatable bonds is 6. The summed E-state index contributed by atoms with van der Waals surface area (Å²) in [4.78, 5) is 16.5. The first-order valence-corrected chi connectivity index (χ1v) is 16.9. The Bertz CT molecular complexity index is 2660. The van der Waals surface area contributed by atoms with Crippen molar-refractivity contribution in [1.29, 1.82) is 0 Å². The molecule has 2 aromatic heterocycles. The average molecular weight is 644 g/mol. The number of hydrogen-bond acceptors (Lipinski definition) is 4. The van der Waals surface area contributed by atoms with Crippen LogP contribution in [0.2, 0.25) is 0 Å². The lowest BCUT2D eigenvalue weighted by Gasteiger charge is -2.28. The minimum Gasteiger partial charge on any atom is -0.343 e. The minimum atomic E-state index is 0.657. The Morgan fingerprint density at radius 3 is 1.86 bits per heavy atom. The molecule has 0 saturated heterocycles. The summed E-state index contributed by atoms with van der Waals surface area (Å²) >= 11 is 0. The van der Waals surface area contributed by atoms with Gasteiger partial charge < -0.3 is 9.47 Å². The van der Waals surface area contributed by atoms with Gasteiger partial charge in [-0.25, -0.2) is 15.0 Å². The fourth-order valence-corrected chi connectivity index (χ4v) is 7.25. The Labute approximate surface area is 290 Å². The topological polar surface area (TPSA) is 46.8 Å². The quantitative estimate of drug-likeness (QED) is 0.181. The highest BCUT2D eigenvalue weighted by Gasteiger charge is 2.21. The first-order chi connectivity index (χ1) is 24.6. The van der Waals surface area contributed by atoms with Gasteiger partial charge >= 0.3 is 0 Å². The molecule has 7 aromatic carbocycles. The van der Waals surface area contributed by atoms with Crippen molar-refractivity contribution in [1.82, 2.24) is 19.5 Å². The van der Waals surface area contributed by atoms with Crippen LogP contribution >= 0.6 is 0 Å². The van der Waals surface area contributed by atoms with Crippen molar-refractivity contribution < 1.29 is 0 Å². The molecule has 0 unspecified atom stereocenters. The van der Waals surface area contributed by atoms with Crippen LogP contribution in [0, 0.1) is 6.92 Å². The maximum Gasteiger partial charge on any atom is 0.163 e. The zero-order valence-electron chi connectivity index (χ0n) is 27.8. The summed E-state index contributed by atoms with van der Waals surface area (Å²) < 4.78 is 2.35. The lowest BCUT2D eigenvalue weighted by atomic mass is 9.98. The van der Waals surface area contributed by atoms with Gasteiger partial charge in [-0.3, -0.25) is 0 Å². The molecule has 9 rings (SSSR count). The van der Waals surface area contributed by atoms with Crippen molar-refractivity contribution in [3.05, 3.63) is 170 Å². The van der Waals surface area contributed by atoms with Crippen LogP contribution in [0.1, 0.15) is 5.82 Å². The number of anilines is 3. The Balaban J connectivity index is 1.20. The van der Waals surface area contributed by atoms with Gasteiger partial charge in [-0.2, -0.15) is 0 Å². The molecule has 9 aromatic rings. The normalized spacial score (nSPS) is 11.4. The molecular weight excluding hydrogens is 611 g/mol. The predicted octanol–water partition coefficient (Wildman–Crippen LogP) is 11.4. The van der Waals surface area contributed by atoms with E-state index >= 15 is 0 Å². The largest absolute Gasteiger partial charge is 0.343 e. The van der Waals surface area contributed by atoms with E-state index in [0.717, 1.165) is 33.8 Å². The van der Waals surface area contributed by atoms with Crippen molar-refractivity contribution in [2.75, 3.05) is 4.90 Å². The SMILES string of the molecule is Cc1nc(-c2ccccc2)nc(-c2ccc(N(c3ccccc3)c3ccccc3-c3cccc4c5c6ccccc6ccc5n(C)c34)cc2)n1. The Morgan fingerprint density at radius 2 is 1.08 bits per heavy atom. The van der Waals surface area contributed by atoms with E-state index in [1.165, 1.54) is 38.1 Å². The molecule has 0 fully saturated rings. The number of hydrogen-bond donors (Lipinski definition) is 0. The summed E-state index contributed by atoms with van der Waals surface area (Å²) in [5.74, 6) is 2.02. The van der Waals surface area contributed by atoms with E-state index in [1.54, 1.807) is 0 Å². The van der Waals surface area contributed by atoms with E-state index in [0.29, 0.717) is 17.5 Å². The monoisotopic (exact) mass is 643 g/mol. The van der Waals surface area contributed by atoms with Gasteiger partial charge in [0.2, 0.25) is 0 Å². The molecule has 0 spiro atoms. The highest BCUT2D eigenvalue weighted by Crippen LogP contribution is 2.45. The third-order valence-electron chi connectivity index (χ3n) is 9.52. The number of aromatic nitrogens is 4. The molecular formula is C45H33N5. The Hall–Kier alpha value is -6.59. The van der Waals surface area contributed by atoms with Gasteiger partial charge in [0.05, 0.1) is 11.2 Å². The van der Waals surface area contributed by atoms with Gasteiger partial charge in [0.25, 0.3) is 0 Å². The lowest BCUT2D eigenvalue weighted by molar-refractivity contribution is 0.992. The fourth-order valence-electron chi connectivity index (χ4n) is 7.25. The summed E-state index contributed by atoms with van der Waals surface area (Å²) in [5.41, 5.74) is 9.90. The fraction of sp³-hybridized carbons (Fsp3) is 0.0444. The van der Waals surface area contributed by atoms with E-state index < -0.39 is 0 Å². The molecule has 0 saturated carbocycles. The molecule has 5 heteroatoms. The maximum absolute atomic E-state index is 4.85. The van der Waals surface area contributed by atoms with E-state index in [2.05, 4.69) is 155 Å². The summed E-state index contributed by atoms with van der Waals surface area (Å²) in [6, 6.07) is 57.7. The standard InChI is InChI=1S/C45H33N5/c1-30-46-44(32-15-5-3-6-16-32)48-45(47-30)33-24-27-35(28-25-33)50(34-17-7-4-8-18-34)40-23-12-11-20-37(40)38-21-13-22-39-42-36-19-10-9-14-31(36)26-29-41(42)49(2)43(38)39/h3-29H,1-2H3. The van der Waals surface area contributed by atoms with Gasteiger partial charge in [0.1, 0.15) is 5.82 Å². The average Bonchev–Trinajstić information content (AvgIpc) is 3.48. The van der Waals surface area contributed by atoms with Gasteiger partial charge in [-0.05, 0) is 66.2 Å². The third kappa shape index (κ3) is 4.99. The first-order valence-electron chi connectivity index (χ1n) is 16.9. The van der Waals surface area contributed by atoms with Gasteiger partial charge in [0.15, 0.2) is 11.6 Å². The van der Waals surface area contributed by atoms with Crippen LogP contribution in [0.5, 0.6) is 0 Å². The van der Waals surface area contributed by atoms with E-state index in [9.17, 15) is 0 Å². The predicted molar refractivity (Wildman–Crippen MR) is 207 cm³/mol. The molecule has 0 aliphatic rings. The third-order valence-corrected chi connectivity index (χ3v) is 9.52. The number of para-hydroxylation sites is 3. The molecule has 0 aliphatic carbocycles. The Morgan fingerprint density at radius 1 is 0.480 bits per heavy atom. The summed E-state index contributed by atoms with van der Waals surface area (Å²) in [7, 11) is 2.19. The van der Waals surface area contributed by atoms with E-state index in [4.69, 9.17) is 9.97 Å². The molecule has 0 aliphatic heterocycles. The number of aryl methyl sites for hydroxylation is 2. The smallest absolute Gasteiger partial charge is 0.163 e. The van der Waals surface area contributed by atoms with Crippen LogP contribution in [-0.2, 0) is 7.05 Å². The van der Waals surface area contributed by atoms with E-state index in [1.807, 2.05) is 37.3 Å². The molecule has 0 N–H and O–H groups in total. The minimum absolute atomic E-state index is 0.657. The van der Waals surface area contributed by atoms with Gasteiger partial charge in [0, 0.05) is 57.0 Å². The van der Waals surface area contributed by atoms with Crippen LogP contribution in [-0.4, -0.2) is 19.5 Å². The highest BCUT2D eigenvalue weighted by molar-refractivity contribution is 6.23. The molecule has 0 amide bonds. The highest BCUT2D eigenvalue weighted by atomic mass is 15.1. The Kier molecular flexibility index (Phi) is 7.17. The summed E-state index contributed by atoms with van der Waals surface area (Å²) in [6.07, 6.45) is 0. The van der Waals surface area contributed by atoms with Crippen LogP contribution in [0.3, 0.4) is 0 Å². The van der Waals surface area contributed by atoms with Crippen LogP contribution in [0.4, 0.5) is 17.1 Å². The molecule has 0 atom stereocenters. The molecule has 0 radical (unpaired) electrons. The lowest BCUT2D eigenvalue weighted by Crippen LogP contribution is -2.11. The summed E-state index contributed by atoms with van der Waals surface area (Å²) in [6.45, 7) is 1.92. The zero-order valence-corrected chi connectivity index (χ0v) is 27.8. The van der Waals surface area contributed by atoms with Crippen molar-refractivity contribution >= 4 is 49.6 Å². The van der Waals surface area contributed by atoms with Gasteiger partial charge in [-0.15, -0.1) is 0 Å². The second kappa shape index (κ2) is 12.1. The maximum atomic E-state index is 4.85. The summed E-state index contributed by atoms with van der Waals surface area (Å²) in [5, 5.41) is 5.07. The zero-order chi connectivity index (χ0) is 33.6. The molecule has 5 nitrogen and oxygen atoms in total. The molecule has 238 valence electrons. The molecule has 2 heterocycles. The van der Waals surface area contributed by atoms with Crippen molar-refractivity contribution in [2.24, 2.45) is 7.05 Å². The van der Waals surface area contributed by atoms with Crippen LogP contribution < -0.4 is 4.90 Å². The van der Waals surface area contributed by atoms with Crippen LogP contribution in [0.15, 0.2) is 164 Å². The van der Waals surface area contributed by atoms with Crippen molar-refractivity contribution in [3.8, 4) is 33.9 Å².